The highest BCUT2D eigenvalue weighted by atomic mass is 79.9. The number of hydrogen-bond acceptors (Lipinski definition) is 3. The lowest BCUT2D eigenvalue weighted by atomic mass is 10.0. The maximum atomic E-state index is 12.6. The van der Waals surface area contributed by atoms with Gasteiger partial charge in [-0.15, -0.1) is 0 Å². The van der Waals surface area contributed by atoms with Crippen LogP contribution in [0.2, 0.25) is 0 Å². The highest BCUT2D eigenvalue weighted by molar-refractivity contribution is 9.10. The molecular weight excluding hydrogens is 418 g/mol. The largest absolute Gasteiger partial charge is 0.492 e. The second-order valence-electron chi connectivity index (χ2n) is 8.33. The molecule has 1 aromatic heterocycles. The molecule has 0 saturated carbocycles. The molecule has 1 aliphatic rings. The minimum absolute atomic E-state index is 0.0271. The van der Waals surface area contributed by atoms with Crippen molar-refractivity contribution in [3.8, 4) is 5.75 Å². The predicted octanol–water partition coefficient (Wildman–Crippen LogP) is 4.71. The number of aromatic nitrogens is 2. The molecule has 0 bridgehead atoms. The number of aryl methyl sites for hydroxylation is 1. The third-order valence-electron chi connectivity index (χ3n) is 5.12. The van der Waals surface area contributed by atoms with Crippen LogP contribution in [0.3, 0.4) is 0 Å². The molecule has 0 unspecified atom stereocenters. The second kappa shape index (κ2) is 8.68. The molecule has 0 N–H and O–H groups in total. The fourth-order valence-corrected chi connectivity index (χ4v) is 4.11. The maximum absolute atomic E-state index is 12.6. The number of rotatable bonds is 6. The average molecular weight is 448 g/mol. The first-order chi connectivity index (χ1) is 13.3. The van der Waals surface area contributed by atoms with Crippen LogP contribution in [0.4, 0.5) is 0 Å². The molecule has 3 rings (SSSR count). The molecule has 0 spiro atoms. The average Bonchev–Trinajstić information content (AvgIpc) is 3.09. The Morgan fingerprint density at radius 3 is 2.79 bits per heavy atom. The maximum Gasteiger partial charge on any atom is 0.223 e. The first kappa shape index (κ1) is 20.9. The summed E-state index contributed by atoms with van der Waals surface area (Å²) in [6.07, 6.45) is 5.00. The Bertz CT molecular complexity index is 839. The van der Waals surface area contributed by atoms with E-state index < -0.39 is 0 Å². The Labute approximate surface area is 176 Å². The standard InChI is InChI=1S/C22H30BrN3O2/c1-5-16-8-9-20(18(23)13-16)28-12-6-7-21(27)25-11-10-19-17(15-25)14-24-26(19)22(2,3)4/h8-9,13-14H,5-7,10-12,15H2,1-4H3. The number of carbonyl (C=O) groups excluding carboxylic acids is 1. The third kappa shape index (κ3) is 4.77. The van der Waals surface area contributed by atoms with Gasteiger partial charge in [-0.05, 0) is 67.2 Å². The van der Waals surface area contributed by atoms with E-state index in [1.807, 2.05) is 17.2 Å². The molecule has 6 heteroatoms. The van der Waals surface area contributed by atoms with Crippen molar-refractivity contribution in [2.24, 2.45) is 0 Å². The summed E-state index contributed by atoms with van der Waals surface area (Å²) in [5, 5.41) is 4.55. The molecule has 0 radical (unpaired) electrons. The first-order valence-electron chi connectivity index (χ1n) is 10.0. The van der Waals surface area contributed by atoms with Crippen LogP contribution in [-0.4, -0.2) is 33.7 Å². The van der Waals surface area contributed by atoms with Crippen LogP contribution in [0.25, 0.3) is 0 Å². The fourth-order valence-electron chi connectivity index (χ4n) is 3.57. The van der Waals surface area contributed by atoms with Crippen LogP contribution in [0.1, 0.15) is 57.4 Å². The highest BCUT2D eigenvalue weighted by Gasteiger charge is 2.27. The van der Waals surface area contributed by atoms with Crippen LogP contribution in [-0.2, 0) is 29.7 Å². The topological polar surface area (TPSA) is 47.4 Å². The van der Waals surface area contributed by atoms with E-state index in [1.54, 1.807) is 0 Å². The molecule has 1 aromatic carbocycles. The van der Waals surface area contributed by atoms with Gasteiger partial charge in [-0.3, -0.25) is 9.48 Å². The van der Waals surface area contributed by atoms with Gasteiger partial charge in [-0.2, -0.15) is 5.10 Å². The van der Waals surface area contributed by atoms with Gasteiger partial charge in [-0.25, -0.2) is 0 Å². The summed E-state index contributed by atoms with van der Waals surface area (Å²) >= 11 is 3.55. The Morgan fingerprint density at radius 1 is 1.32 bits per heavy atom. The van der Waals surface area contributed by atoms with Gasteiger partial charge in [0, 0.05) is 37.2 Å². The monoisotopic (exact) mass is 447 g/mol. The highest BCUT2D eigenvalue weighted by Crippen LogP contribution is 2.27. The summed E-state index contributed by atoms with van der Waals surface area (Å²) in [4.78, 5) is 14.6. The van der Waals surface area contributed by atoms with E-state index >= 15 is 0 Å². The van der Waals surface area contributed by atoms with Crippen molar-refractivity contribution in [2.75, 3.05) is 13.2 Å². The number of hydrogen-bond donors (Lipinski definition) is 0. The number of carbonyl (C=O) groups is 1. The van der Waals surface area contributed by atoms with Crippen molar-refractivity contribution in [2.45, 2.75) is 65.5 Å². The lowest BCUT2D eigenvalue weighted by molar-refractivity contribution is -0.132. The summed E-state index contributed by atoms with van der Waals surface area (Å²) in [5.74, 6) is 1.03. The summed E-state index contributed by atoms with van der Waals surface area (Å²) in [6.45, 7) is 10.6. The Balaban J connectivity index is 1.48. The summed E-state index contributed by atoms with van der Waals surface area (Å²) in [5.41, 5.74) is 3.68. The molecule has 1 amide bonds. The van der Waals surface area contributed by atoms with Crippen molar-refractivity contribution < 1.29 is 9.53 Å². The summed E-state index contributed by atoms with van der Waals surface area (Å²) in [6, 6.07) is 6.15. The Hall–Kier alpha value is -1.82. The number of halogens is 1. The molecule has 0 aliphatic carbocycles. The van der Waals surface area contributed by atoms with Gasteiger partial charge < -0.3 is 9.64 Å². The van der Waals surface area contributed by atoms with E-state index in [0.29, 0.717) is 26.0 Å². The van der Waals surface area contributed by atoms with Crippen molar-refractivity contribution in [3.05, 3.63) is 45.7 Å². The molecule has 5 nitrogen and oxygen atoms in total. The fraction of sp³-hybridized carbons (Fsp3) is 0.545. The van der Waals surface area contributed by atoms with Gasteiger partial charge in [0.25, 0.3) is 0 Å². The smallest absolute Gasteiger partial charge is 0.223 e. The van der Waals surface area contributed by atoms with Gasteiger partial charge in [0.05, 0.1) is 22.8 Å². The van der Waals surface area contributed by atoms with Gasteiger partial charge in [0.1, 0.15) is 5.75 Å². The van der Waals surface area contributed by atoms with Gasteiger partial charge >= 0.3 is 0 Å². The SMILES string of the molecule is CCc1ccc(OCCCC(=O)N2CCc3c(cnn3C(C)(C)C)C2)c(Br)c1. The lowest BCUT2D eigenvalue weighted by Crippen LogP contribution is -2.37. The number of nitrogens with zero attached hydrogens (tertiary/aromatic N) is 3. The van der Waals surface area contributed by atoms with Crippen molar-refractivity contribution in [3.63, 3.8) is 0 Å². The second-order valence-corrected chi connectivity index (χ2v) is 9.19. The van der Waals surface area contributed by atoms with Gasteiger partial charge in [0.2, 0.25) is 5.91 Å². The molecule has 0 fully saturated rings. The first-order valence-corrected chi connectivity index (χ1v) is 10.8. The van der Waals surface area contributed by atoms with E-state index in [0.717, 1.165) is 29.6 Å². The van der Waals surface area contributed by atoms with E-state index in [-0.39, 0.29) is 11.4 Å². The molecule has 2 aromatic rings. The van der Waals surface area contributed by atoms with Gasteiger partial charge in [-0.1, -0.05) is 13.0 Å². The van der Waals surface area contributed by atoms with E-state index in [2.05, 4.69) is 65.5 Å². The zero-order chi connectivity index (χ0) is 20.3. The summed E-state index contributed by atoms with van der Waals surface area (Å²) in [7, 11) is 0. The molecule has 152 valence electrons. The third-order valence-corrected chi connectivity index (χ3v) is 5.74. The Kier molecular flexibility index (Phi) is 6.48. The number of amides is 1. The zero-order valence-electron chi connectivity index (χ0n) is 17.3. The Morgan fingerprint density at radius 2 is 2.11 bits per heavy atom. The van der Waals surface area contributed by atoms with Crippen molar-refractivity contribution in [1.29, 1.82) is 0 Å². The zero-order valence-corrected chi connectivity index (χ0v) is 18.9. The van der Waals surface area contributed by atoms with E-state index in [9.17, 15) is 4.79 Å². The molecule has 0 saturated heterocycles. The van der Waals surface area contributed by atoms with Crippen LogP contribution in [0, 0.1) is 0 Å². The molecule has 1 aliphatic heterocycles. The van der Waals surface area contributed by atoms with Crippen LogP contribution >= 0.6 is 15.9 Å². The van der Waals surface area contributed by atoms with Crippen molar-refractivity contribution in [1.82, 2.24) is 14.7 Å². The molecule has 0 atom stereocenters. The molecule has 2 heterocycles. The molecular formula is C22H30BrN3O2. The number of fused-ring (bicyclic) bond motifs is 1. The van der Waals surface area contributed by atoms with E-state index in [1.165, 1.54) is 16.8 Å². The quantitative estimate of drug-likeness (QED) is 0.602. The van der Waals surface area contributed by atoms with E-state index in [4.69, 9.17) is 4.74 Å². The number of benzene rings is 1. The summed E-state index contributed by atoms with van der Waals surface area (Å²) < 4.78 is 8.91. The predicted molar refractivity (Wildman–Crippen MR) is 115 cm³/mol. The van der Waals surface area contributed by atoms with Crippen LogP contribution < -0.4 is 4.74 Å². The van der Waals surface area contributed by atoms with Gasteiger partial charge in [0.15, 0.2) is 0 Å². The van der Waals surface area contributed by atoms with Crippen molar-refractivity contribution >= 4 is 21.8 Å². The number of ether oxygens (including phenoxy) is 1. The van der Waals surface area contributed by atoms with Crippen LogP contribution in [0.5, 0.6) is 5.75 Å². The molecule has 28 heavy (non-hydrogen) atoms. The normalized spacial score (nSPS) is 14.1. The van der Waals surface area contributed by atoms with Crippen LogP contribution in [0.15, 0.2) is 28.9 Å². The minimum Gasteiger partial charge on any atom is -0.492 e. The minimum atomic E-state index is -0.0271. The lowest BCUT2D eigenvalue weighted by Gasteiger charge is -2.30.